The summed E-state index contributed by atoms with van der Waals surface area (Å²) in [7, 11) is 0. The van der Waals surface area contributed by atoms with E-state index in [0.717, 1.165) is 5.57 Å². The fourth-order valence-corrected chi connectivity index (χ4v) is 0.522. The van der Waals surface area contributed by atoms with Crippen molar-refractivity contribution in [3.8, 4) is 0 Å². The Labute approximate surface area is 47.0 Å². The molecule has 0 aliphatic carbocycles. The summed E-state index contributed by atoms with van der Waals surface area (Å²) < 4.78 is 0. The van der Waals surface area contributed by atoms with Crippen molar-refractivity contribution in [2.45, 2.75) is 0 Å². The summed E-state index contributed by atoms with van der Waals surface area (Å²) in [6.07, 6.45) is 1.55. The largest absolute Gasteiger partial charge is 0.392 e. The van der Waals surface area contributed by atoms with Gasteiger partial charge in [0, 0.05) is 11.8 Å². The van der Waals surface area contributed by atoms with Gasteiger partial charge in [0.1, 0.15) is 0 Å². The van der Waals surface area contributed by atoms with Crippen LogP contribution in [0.2, 0.25) is 0 Å². The van der Waals surface area contributed by atoms with E-state index in [2.05, 4.69) is 4.99 Å². The quantitative estimate of drug-likeness (QED) is 0.498. The average molecular weight is 113 g/mol. The van der Waals surface area contributed by atoms with Crippen molar-refractivity contribution in [2.75, 3.05) is 13.2 Å². The fourth-order valence-electron chi connectivity index (χ4n) is 0.522. The zero-order chi connectivity index (χ0) is 5.98. The molecule has 0 bridgehead atoms. The zero-order valence-corrected chi connectivity index (χ0v) is 4.33. The van der Waals surface area contributed by atoms with E-state index in [9.17, 15) is 0 Å². The molecule has 0 spiro atoms. The average Bonchev–Trinajstić information content (AvgIpc) is 1.66. The molecular weight excluding hydrogens is 106 g/mol. The molecule has 0 aromatic heterocycles. The van der Waals surface area contributed by atoms with Crippen LogP contribution in [0.25, 0.3) is 0 Å². The summed E-state index contributed by atoms with van der Waals surface area (Å²) in [4.78, 5) is 3.68. The van der Waals surface area contributed by atoms with Crippen molar-refractivity contribution in [2.24, 2.45) is 4.99 Å². The highest BCUT2D eigenvalue weighted by molar-refractivity contribution is 6.05. The first-order valence-electron chi connectivity index (χ1n) is 2.36. The summed E-state index contributed by atoms with van der Waals surface area (Å²) in [5, 5.41) is 16.8. The topological polar surface area (TPSA) is 52.8 Å². The second kappa shape index (κ2) is 2.07. The van der Waals surface area contributed by atoms with Crippen LogP contribution in [0.4, 0.5) is 0 Å². The SMILES string of the molecule is OCC1=CN=C1CO. The van der Waals surface area contributed by atoms with Crippen LogP contribution in [0.1, 0.15) is 0 Å². The molecule has 0 aromatic carbocycles. The lowest BCUT2D eigenvalue weighted by Crippen LogP contribution is -2.16. The fraction of sp³-hybridized carbons (Fsp3) is 0.400. The summed E-state index contributed by atoms with van der Waals surface area (Å²) >= 11 is 0. The van der Waals surface area contributed by atoms with E-state index in [4.69, 9.17) is 10.2 Å². The molecule has 8 heavy (non-hydrogen) atoms. The second-order valence-electron chi connectivity index (χ2n) is 1.55. The number of nitrogens with zero attached hydrogens (tertiary/aromatic N) is 1. The molecule has 0 unspecified atom stereocenters. The van der Waals surface area contributed by atoms with Gasteiger partial charge in [-0.1, -0.05) is 0 Å². The van der Waals surface area contributed by atoms with Gasteiger partial charge in [0.2, 0.25) is 0 Å². The van der Waals surface area contributed by atoms with Crippen molar-refractivity contribution in [1.29, 1.82) is 0 Å². The Balaban J connectivity index is 2.41. The predicted octanol–water partition coefficient (Wildman–Crippen LogP) is -0.691. The molecule has 1 heterocycles. The number of aliphatic imine (C=N–C) groups is 1. The highest BCUT2D eigenvalue weighted by Gasteiger charge is 2.09. The van der Waals surface area contributed by atoms with Gasteiger partial charge in [0.15, 0.2) is 0 Å². The van der Waals surface area contributed by atoms with Crippen LogP contribution in [0.3, 0.4) is 0 Å². The number of rotatable bonds is 2. The lowest BCUT2D eigenvalue weighted by molar-refractivity contribution is 0.327. The Morgan fingerprint density at radius 2 is 2.12 bits per heavy atom. The number of hydrogen-bond acceptors (Lipinski definition) is 3. The summed E-state index contributed by atoms with van der Waals surface area (Å²) in [5.74, 6) is 0. The second-order valence-corrected chi connectivity index (χ2v) is 1.55. The van der Waals surface area contributed by atoms with Gasteiger partial charge in [-0.25, -0.2) is 0 Å². The molecular formula is C5H7NO2. The molecule has 0 radical (unpaired) electrons. The zero-order valence-electron chi connectivity index (χ0n) is 4.33. The molecule has 3 nitrogen and oxygen atoms in total. The van der Waals surface area contributed by atoms with Gasteiger partial charge in [-0.15, -0.1) is 0 Å². The minimum Gasteiger partial charge on any atom is -0.392 e. The monoisotopic (exact) mass is 113 g/mol. The third-order valence-corrected chi connectivity index (χ3v) is 1.07. The molecule has 0 amide bonds. The molecule has 0 saturated carbocycles. The van der Waals surface area contributed by atoms with E-state index in [1.54, 1.807) is 6.20 Å². The van der Waals surface area contributed by atoms with Gasteiger partial charge >= 0.3 is 0 Å². The molecule has 0 atom stereocenters. The van der Waals surface area contributed by atoms with E-state index in [-0.39, 0.29) is 13.2 Å². The van der Waals surface area contributed by atoms with Crippen molar-refractivity contribution in [1.82, 2.24) is 0 Å². The van der Waals surface area contributed by atoms with E-state index in [0.29, 0.717) is 5.71 Å². The van der Waals surface area contributed by atoms with Gasteiger partial charge in [-0.2, -0.15) is 0 Å². The van der Waals surface area contributed by atoms with Gasteiger partial charge in [0.05, 0.1) is 18.9 Å². The molecule has 0 aromatic rings. The Kier molecular flexibility index (Phi) is 1.41. The number of aliphatic hydroxyl groups excluding tert-OH is 2. The molecule has 44 valence electrons. The van der Waals surface area contributed by atoms with E-state index in [1.165, 1.54) is 0 Å². The first-order valence-corrected chi connectivity index (χ1v) is 2.36. The molecule has 1 rings (SSSR count). The van der Waals surface area contributed by atoms with Gasteiger partial charge in [0.25, 0.3) is 0 Å². The Morgan fingerprint density at radius 1 is 1.38 bits per heavy atom. The Hall–Kier alpha value is -0.670. The third kappa shape index (κ3) is 0.657. The highest BCUT2D eigenvalue weighted by Crippen LogP contribution is 2.06. The maximum atomic E-state index is 8.43. The lowest BCUT2D eigenvalue weighted by Gasteiger charge is -2.09. The smallest absolute Gasteiger partial charge is 0.0857 e. The van der Waals surface area contributed by atoms with E-state index < -0.39 is 0 Å². The van der Waals surface area contributed by atoms with Crippen LogP contribution < -0.4 is 0 Å². The van der Waals surface area contributed by atoms with Crippen LogP contribution in [0.15, 0.2) is 16.8 Å². The summed E-state index contributed by atoms with van der Waals surface area (Å²) in [5.41, 5.74) is 1.35. The Morgan fingerprint density at radius 3 is 2.25 bits per heavy atom. The molecule has 0 saturated heterocycles. The van der Waals surface area contributed by atoms with Crippen molar-refractivity contribution >= 4 is 5.71 Å². The van der Waals surface area contributed by atoms with Crippen LogP contribution in [-0.2, 0) is 0 Å². The van der Waals surface area contributed by atoms with Crippen LogP contribution in [0.5, 0.6) is 0 Å². The molecule has 1 aliphatic rings. The Bertz CT molecular complexity index is 131. The minimum absolute atomic E-state index is 0.0145. The molecule has 3 heteroatoms. The summed E-state index contributed by atoms with van der Waals surface area (Å²) in [6, 6.07) is 0. The van der Waals surface area contributed by atoms with Gasteiger partial charge < -0.3 is 10.2 Å². The van der Waals surface area contributed by atoms with Gasteiger partial charge in [-0.05, 0) is 0 Å². The van der Waals surface area contributed by atoms with Crippen LogP contribution >= 0.6 is 0 Å². The summed E-state index contributed by atoms with van der Waals surface area (Å²) in [6.45, 7) is -0.0776. The lowest BCUT2D eigenvalue weighted by atomic mass is 10.1. The van der Waals surface area contributed by atoms with E-state index in [1.807, 2.05) is 0 Å². The van der Waals surface area contributed by atoms with Crippen LogP contribution in [0, 0.1) is 0 Å². The minimum atomic E-state index is -0.0631. The molecule has 2 N–H and O–H groups in total. The third-order valence-electron chi connectivity index (χ3n) is 1.07. The highest BCUT2D eigenvalue weighted by atomic mass is 16.3. The first kappa shape index (κ1) is 5.47. The number of hydrogen-bond donors (Lipinski definition) is 2. The maximum Gasteiger partial charge on any atom is 0.0857 e. The molecule has 0 fully saturated rings. The van der Waals surface area contributed by atoms with Crippen molar-refractivity contribution in [3.63, 3.8) is 0 Å². The first-order chi connectivity index (χ1) is 3.88. The van der Waals surface area contributed by atoms with Gasteiger partial charge in [-0.3, -0.25) is 4.99 Å². The molecule has 1 aliphatic heterocycles. The van der Waals surface area contributed by atoms with Crippen molar-refractivity contribution in [3.05, 3.63) is 11.8 Å². The number of aliphatic hydroxyl groups is 2. The van der Waals surface area contributed by atoms with E-state index >= 15 is 0 Å². The normalized spacial score (nSPS) is 16.8. The maximum absolute atomic E-state index is 8.43. The predicted molar refractivity (Wildman–Crippen MR) is 29.7 cm³/mol. The van der Waals surface area contributed by atoms with Crippen molar-refractivity contribution < 1.29 is 10.2 Å². The standard InChI is InChI=1S/C5H7NO2/c7-2-4-1-6-5(4)3-8/h1,7-8H,2-3H2. The van der Waals surface area contributed by atoms with Crippen LogP contribution in [-0.4, -0.2) is 29.1 Å².